The van der Waals surface area contributed by atoms with Crippen molar-refractivity contribution >= 4 is 190 Å². The molecule has 0 unspecified atom stereocenters. The zero-order valence-electron chi connectivity index (χ0n) is 15.7. The molecule has 0 aromatic rings. The van der Waals surface area contributed by atoms with E-state index in [0.717, 1.165) is 0 Å². The second kappa shape index (κ2) is 20.5. The van der Waals surface area contributed by atoms with Crippen molar-refractivity contribution in [3.8, 4) is 0 Å². The zero-order valence-corrected chi connectivity index (χ0v) is 18.1. The first-order valence-electron chi connectivity index (χ1n) is 0.783. The fourth-order valence-corrected chi connectivity index (χ4v) is 0. The summed E-state index contributed by atoms with van der Waals surface area (Å²) in [4.78, 5) is 21.6. The predicted octanol–water partition coefficient (Wildman–Crippen LogP) is -1.71. The van der Waals surface area contributed by atoms with Gasteiger partial charge in [-0.05, 0) is 0 Å². The Morgan fingerprint density at radius 2 is 1.00 bits per heavy atom. The summed E-state index contributed by atoms with van der Waals surface area (Å²) >= 11 is 0. The molecule has 10 heavy (non-hydrogen) atoms. The second-order valence-corrected chi connectivity index (χ2v) is 1.54. The summed E-state index contributed by atoms with van der Waals surface area (Å²) < 4.78 is 8.88. The molecular weight excluding hydrogens is 327 g/mol. The van der Waals surface area contributed by atoms with E-state index in [9.17, 15) is 0 Å². The van der Waals surface area contributed by atoms with Crippen LogP contribution in [-0.2, 0) is 4.57 Å². The van der Waals surface area contributed by atoms with E-state index in [1.54, 1.807) is 0 Å². The van der Waals surface area contributed by atoms with Gasteiger partial charge < -0.3 is 28.9 Å². The summed E-state index contributed by atoms with van der Waals surface area (Å²) in [6.07, 6.45) is 0. The van der Waals surface area contributed by atoms with Crippen LogP contribution < -0.4 is 0 Å². The van der Waals surface area contributed by atoms with Gasteiger partial charge in [-0.3, -0.25) is 0 Å². The van der Waals surface area contributed by atoms with Gasteiger partial charge in [0.1, 0.15) is 0 Å². The number of hydrogen-bond donors (Lipinski definition) is 3. The number of rotatable bonds is 0. The quantitative estimate of drug-likeness (QED) is 0.363. The molecule has 0 aliphatic heterocycles. The maximum Gasteiger partial charge on any atom is 2.00 e. The Hall–Kier alpha value is 6.14. The van der Waals surface area contributed by atoms with Gasteiger partial charge in [-0.15, -0.1) is 0 Å². The Morgan fingerprint density at radius 1 is 1.00 bits per heavy atom. The monoisotopic (exact) mass is 340 g/mol. The van der Waals surface area contributed by atoms with Gasteiger partial charge in [0.05, 0.1) is 0 Å². The van der Waals surface area contributed by atoms with Crippen molar-refractivity contribution in [2.75, 3.05) is 0 Å². The van der Waals surface area contributed by atoms with E-state index >= 15 is 0 Å². The van der Waals surface area contributed by atoms with E-state index in [-0.39, 0.29) is 196 Å². The number of phosphoric acid groups is 1. The molecule has 0 saturated carbocycles. The van der Waals surface area contributed by atoms with E-state index < -0.39 is 7.82 Å². The van der Waals surface area contributed by atoms with Crippen LogP contribution in [0, 0.1) is 0 Å². The molecule has 0 spiro atoms. The van der Waals surface area contributed by atoms with E-state index in [4.69, 9.17) is 19.2 Å². The Kier molecular flexibility index (Phi) is 73.9. The fourth-order valence-electron chi connectivity index (χ4n) is 0. The van der Waals surface area contributed by atoms with Gasteiger partial charge in [-0.2, -0.15) is 0 Å². The van der Waals surface area contributed by atoms with Crippen LogP contribution in [0.15, 0.2) is 0 Å². The van der Waals surface area contributed by atoms with Crippen molar-refractivity contribution in [1.29, 1.82) is 0 Å². The average Bonchev–Trinajstić information content (AvgIpc) is 0.722. The standard InChI is InChI=1S/3Ca.Mg.H3O4P.Sr.10H/c;;;;1-5(2,3)4;;;;;;;;;;;/h;;;;(H3,1,2,3,4);;;;;;;;;;;/q4*+2;;+2;10*-1. The molecule has 0 heterocycles. The van der Waals surface area contributed by atoms with Gasteiger partial charge in [0.15, 0.2) is 0 Å². The van der Waals surface area contributed by atoms with Gasteiger partial charge in [0.25, 0.3) is 0 Å². The van der Waals surface area contributed by atoms with Crippen LogP contribution in [-0.4, -0.2) is 196 Å². The van der Waals surface area contributed by atoms with Crippen molar-refractivity contribution < 1.29 is 33.5 Å². The smallest absolute Gasteiger partial charge is 1.00 e. The average molecular weight is 340 g/mol. The molecule has 0 amide bonds. The minimum absolute atomic E-state index is 0. The normalized spacial score (nSPS) is 5.90. The maximum absolute atomic E-state index is 8.88. The van der Waals surface area contributed by atoms with Gasteiger partial charge in [0.2, 0.25) is 0 Å². The first-order chi connectivity index (χ1) is 2.00. The third kappa shape index (κ3) is 64.8. The minimum atomic E-state index is -4.64. The molecular formula is H13Ca3MgO4PSr. The molecule has 3 N–H and O–H groups in total. The maximum atomic E-state index is 8.88. The SMILES string of the molecule is O=P(O)(O)O.[Ca+2].[Ca+2].[Ca+2].[H-].[H-].[H-].[H-].[H-].[H-].[H-].[H-].[H-].[H-].[Mg+2].[Sr+2]. The molecule has 0 bridgehead atoms. The molecule has 10 heteroatoms. The van der Waals surface area contributed by atoms with Gasteiger partial charge in [0, 0.05) is 0 Å². The predicted molar refractivity (Wildman–Crippen MR) is 54.2 cm³/mol. The molecule has 0 radical (unpaired) electrons. The number of hydrogen-bond acceptors (Lipinski definition) is 1. The molecule has 0 aromatic carbocycles. The van der Waals surface area contributed by atoms with E-state index in [0.29, 0.717) is 0 Å². The van der Waals surface area contributed by atoms with Crippen LogP contribution in [0.25, 0.3) is 0 Å². The van der Waals surface area contributed by atoms with Gasteiger partial charge in [-0.25, -0.2) is 4.57 Å². The molecule has 0 aliphatic rings. The van der Waals surface area contributed by atoms with Crippen molar-refractivity contribution in [1.82, 2.24) is 0 Å². The Balaban J connectivity index is -0.000000000762. The van der Waals surface area contributed by atoms with Crippen molar-refractivity contribution in [2.45, 2.75) is 0 Å². The Morgan fingerprint density at radius 3 is 1.00 bits per heavy atom. The molecule has 0 fully saturated rings. The van der Waals surface area contributed by atoms with E-state index in [1.807, 2.05) is 0 Å². The molecule has 0 saturated heterocycles. The topological polar surface area (TPSA) is 77.8 Å². The van der Waals surface area contributed by atoms with Crippen molar-refractivity contribution in [3.63, 3.8) is 0 Å². The third-order valence-electron chi connectivity index (χ3n) is 0. The first kappa shape index (κ1) is 36.0. The summed E-state index contributed by atoms with van der Waals surface area (Å²) in [5, 5.41) is 0. The molecule has 0 aromatic heterocycles. The summed E-state index contributed by atoms with van der Waals surface area (Å²) in [5.74, 6) is 0. The Labute approximate surface area is 217 Å². The van der Waals surface area contributed by atoms with E-state index in [1.165, 1.54) is 0 Å². The summed E-state index contributed by atoms with van der Waals surface area (Å²) in [6, 6.07) is 0. The van der Waals surface area contributed by atoms with Gasteiger partial charge in [-0.1, -0.05) is 0 Å². The molecule has 0 rings (SSSR count). The molecule has 0 aliphatic carbocycles. The zero-order chi connectivity index (χ0) is 4.50. The molecule has 0 atom stereocenters. The largest absolute Gasteiger partial charge is 2.00 e. The van der Waals surface area contributed by atoms with E-state index in [2.05, 4.69) is 0 Å². The fraction of sp³-hybridized carbons (Fsp3) is 0. The molecule has 52 valence electrons. The van der Waals surface area contributed by atoms with Crippen LogP contribution in [0.1, 0.15) is 14.3 Å². The summed E-state index contributed by atoms with van der Waals surface area (Å²) in [7, 11) is -4.64. The second-order valence-electron chi connectivity index (χ2n) is 0.513. The van der Waals surface area contributed by atoms with Gasteiger partial charge >= 0.3 is 190 Å². The Bertz CT molecular complexity index is 86.6. The minimum Gasteiger partial charge on any atom is -1.00 e. The van der Waals surface area contributed by atoms with Crippen LogP contribution in [0.4, 0.5) is 0 Å². The van der Waals surface area contributed by atoms with Crippen molar-refractivity contribution in [3.05, 3.63) is 0 Å². The first-order valence-corrected chi connectivity index (χ1v) is 2.35. The summed E-state index contributed by atoms with van der Waals surface area (Å²) in [6.45, 7) is 0. The van der Waals surface area contributed by atoms with Crippen LogP contribution >= 0.6 is 7.82 Å². The van der Waals surface area contributed by atoms with Crippen molar-refractivity contribution in [2.24, 2.45) is 0 Å². The molecule has 4 nitrogen and oxygen atoms in total. The summed E-state index contributed by atoms with van der Waals surface area (Å²) in [5.41, 5.74) is 0. The van der Waals surface area contributed by atoms with Crippen LogP contribution in [0.5, 0.6) is 0 Å². The third-order valence-corrected chi connectivity index (χ3v) is 0. The van der Waals surface area contributed by atoms with Crippen LogP contribution in [0.2, 0.25) is 0 Å². The van der Waals surface area contributed by atoms with Crippen LogP contribution in [0.3, 0.4) is 0 Å².